The number of rotatable bonds is 5. The van der Waals surface area contributed by atoms with Gasteiger partial charge in [0.2, 0.25) is 0 Å². The number of amides is 1. The summed E-state index contributed by atoms with van der Waals surface area (Å²) in [5.41, 5.74) is 2.88. The van der Waals surface area contributed by atoms with Gasteiger partial charge in [-0.15, -0.1) is 0 Å². The first-order valence-corrected chi connectivity index (χ1v) is 11.9. The number of hydrazone groups is 1. The molecule has 1 aliphatic carbocycles. The molecule has 0 bridgehead atoms. The Labute approximate surface area is 211 Å². The van der Waals surface area contributed by atoms with Crippen LogP contribution < -0.4 is 0 Å². The van der Waals surface area contributed by atoms with Crippen LogP contribution in [0.4, 0.5) is 13.2 Å². The van der Waals surface area contributed by atoms with Crippen molar-refractivity contribution in [1.82, 2.24) is 5.01 Å². The molecule has 3 aromatic carbocycles. The number of esters is 1. The summed E-state index contributed by atoms with van der Waals surface area (Å²) in [6.45, 7) is -0.634. The van der Waals surface area contributed by atoms with Crippen molar-refractivity contribution in [2.24, 2.45) is 11.0 Å². The predicted molar refractivity (Wildman–Crippen MR) is 132 cm³/mol. The number of benzene rings is 3. The highest BCUT2D eigenvalue weighted by atomic mass is 19.1. The van der Waals surface area contributed by atoms with Crippen LogP contribution in [-0.4, -0.2) is 29.2 Å². The number of halogens is 3. The molecule has 0 saturated heterocycles. The molecule has 5 rings (SSSR count). The molecule has 8 heteroatoms. The second-order valence-electron chi connectivity index (χ2n) is 9.00. The number of carbonyl (C=O) groups excluding carboxylic acids is 2. The Bertz CT molecular complexity index is 1380. The fourth-order valence-corrected chi connectivity index (χ4v) is 4.86. The van der Waals surface area contributed by atoms with Gasteiger partial charge in [0.05, 0.1) is 17.3 Å². The minimum atomic E-state index is -0.953. The van der Waals surface area contributed by atoms with E-state index in [0.717, 1.165) is 42.2 Å². The van der Waals surface area contributed by atoms with Crippen LogP contribution in [0.25, 0.3) is 6.08 Å². The number of nitrogens with zero attached hydrogens (tertiary/aromatic N) is 2. The maximum Gasteiger partial charge on any atom is 0.341 e. The smallest absolute Gasteiger partial charge is 0.341 e. The molecule has 0 radical (unpaired) electrons. The highest BCUT2D eigenvalue weighted by Gasteiger charge is 2.43. The molecule has 3 aromatic rings. The SMILES string of the molecule is O=C(OCC(=O)N1N=C2C(=Cc3ccc(F)cc3)CCCC2C1c1ccc(F)cc1)c1ccccc1F. The third-order valence-corrected chi connectivity index (χ3v) is 6.60. The summed E-state index contributed by atoms with van der Waals surface area (Å²) in [5, 5.41) is 5.94. The van der Waals surface area contributed by atoms with Gasteiger partial charge < -0.3 is 4.74 Å². The maximum atomic E-state index is 14.0. The second-order valence-corrected chi connectivity index (χ2v) is 9.00. The Hall–Kier alpha value is -4.20. The maximum absolute atomic E-state index is 14.0. The topological polar surface area (TPSA) is 59.0 Å². The molecule has 188 valence electrons. The number of ether oxygens (including phenoxy) is 1. The Balaban J connectivity index is 1.44. The van der Waals surface area contributed by atoms with Crippen molar-refractivity contribution < 1.29 is 27.5 Å². The number of hydrogen-bond donors (Lipinski definition) is 0. The van der Waals surface area contributed by atoms with E-state index in [0.29, 0.717) is 5.56 Å². The molecule has 2 atom stereocenters. The van der Waals surface area contributed by atoms with Crippen LogP contribution in [0.1, 0.15) is 46.8 Å². The molecular formula is C29H23F3N2O3. The fourth-order valence-electron chi connectivity index (χ4n) is 4.86. The summed E-state index contributed by atoms with van der Waals surface area (Å²) < 4.78 is 46.1. The van der Waals surface area contributed by atoms with Gasteiger partial charge in [-0.1, -0.05) is 36.4 Å². The second kappa shape index (κ2) is 10.4. The van der Waals surface area contributed by atoms with Crippen molar-refractivity contribution in [1.29, 1.82) is 0 Å². The van der Waals surface area contributed by atoms with Crippen molar-refractivity contribution in [2.75, 3.05) is 6.61 Å². The molecule has 1 amide bonds. The highest BCUT2D eigenvalue weighted by molar-refractivity contribution is 6.08. The third kappa shape index (κ3) is 5.18. The van der Waals surface area contributed by atoms with E-state index >= 15 is 0 Å². The van der Waals surface area contributed by atoms with Crippen molar-refractivity contribution in [3.05, 3.63) is 113 Å². The predicted octanol–water partition coefficient (Wildman–Crippen LogP) is 6.08. The average Bonchev–Trinajstić information content (AvgIpc) is 3.30. The Kier molecular flexibility index (Phi) is 6.90. The van der Waals surface area contributed by atoms with Crippen LogP contribution in [0.2, 0.25) is 0 Å². The standard InChI is InChI=1S/C29H23F3N2O3/c30-21-12-8-18(9-13-21)16-20-4-3-6-24-27(20)33-34(28(24)19-10-14-22(31)15-11-19)26(35)17-37-29(36)23-5-1-2-7-25(23)32/h1-2,5,7-16,24,28H,3-4,6,17H2. The summed E-state index contributed by atoms with van der Waals surface area (Å²) in [6.07, 6.45) is 4.25. The van der Waals surface area contributed by atoms with Crippen LogP contribution in [0, 0.1) is 23.4 Å². The lowest BCUT2D eigenvalue weighted by Crippen LogP contribution is -2.34. The highest BCUT2D eigenvalue weighted by Crippen LogP contribution is 2.44. The van der Waals surface area contributed by atoms with Crippen LogP contribution in [0.3, 0.4) is 0 Å². The van der Waals surface area contributed by atoms with Gasteiger partial charge in [-0.2, -0.15) is 5.10 Å². The Morgan fingerprint density at radius 2 is 1.62 bits per heavy atom. The minimum Gasteiger partial charge on any atom is -0.452 e. The molecule has 2 aliphatic rings. The molecule has 0 aromatic heterocycles. The van der Waals surface area contributed by atoms with Gasteiger partial charge in [0.1, 0.15) is 17.5 Å². The molecule has 5 nitrogen and oxygen atoms in total. The average molecular weight is 505 g/mol. The summed E-state index contributed by atoms with van der Waals surface area (Å²) >= 11 is 0. The first kappa shape index (κ1) is 24.5. The van der Waals surface area contributed by atoms with E-state index in [-0.39, 0.29) is 17.3 Å². The molecule has 0 N–H and O–H groups in total. The first-order valence-electron chi connectivity index (χ1n) is 11.9. The fraction of sp³-hybridized carbons (Fsp3) is 0.207. The van der Waals surface area contributed by atoms with E-state index in [1.807, 2.05) is 6.08 Å². The van der Waals surface area contributed by atoms with Gasteiger partial charge in [-0.05, 0) is 78.4 Å². The normalized spacial score (nSPS) is 19.9. The lowest BCUT2D eigenvalue weighted by molar-refractivity contribution is -0.137. The molecular weight excluding hydrogens is 481 g/mol. The van der Waals surface area contributed by atoms with Crippen LogP contribution in [-0.2, 0) is 9.53 Å². The first-order chi connectivity index (χ1) is 17.9. The molecule has 1 fully saturated rings. The quantitative estimate of drug-likeness (QED) is 0.396. The van der Waals surface area contributed by atoms with E-state index < -0.39 is 36.2 Å². The van der Waals surface area contributed by atoms with Gasteiger partial charge in [0.25, 0.3) is 5.91 Å². The largest absolute Gasteiger partial charge is 0.452 e. The van der Waals surface area contributed by atoms with Gasteiger partial charge >= 0.3 is 5.97 Å². The monoisotopic (exact) mass is 504 g/mol. The number of fused-ring (bicyclic) bond motifs is 1. The molecule has 1 saturated carbocycles. The summed E-state index contributed by atoms with van der Waals surface area (Å²) in [7, 11) is 0. The van der Waals surface area contributed by atoms with Gasteiger partial charge in [0, 0.05) is 5.92 Å². The van der Waals surface area contributed by atoms with Gasteiger partial charge in [-0.25, -0.2) is 23.0 Å². The van der Waals surface area contributed by atoms with Crippen LogP contribution in [0.5, 0.6) is 0 Å². The zero-order chi connectivity index (χ0) is 25.9. The molecule has 1 aliphatic heterocycles. The molecule has 37 heavy (non-hydrogen) atoms. The Morgan fingerprint density at radius 1 is 0.946 bits per heavy atom. The zero-order valence-electron chi connectivity index (χ0n) is 19.7. The van der Waals surface area contributed by atoms with E-state index in [9.17, 15) is 22.8 Å². The van der Waals surface area contributed by atoms with E-state index in [2.05, 4.69) is 5.10 Å². The van der Waals surface area contributed by atoms with Crippen LogP contribution >= 0.6 is 0 Å². The van der Waals surface area contributed by atoms with Crippen LogP contribution in [0.15, 0.2) is 83.5 Å². The number of hydrogen-bond acceptors (Lipinski definition) is 4. The van der Waals surface area contributed by atoms with E-state index in [4.69, 9.17) is 4.74 Å². The zero-order valence-corrected chi connectivity index (χ0v) is 19.7. The molecule has 0 spiro atoms. The van der Waals surface area contributed by atoms with Gasteiger partial charge in [-0.3, -0.25) is 4.79 Å². The lowest BCUT2D eigenvalue weighted by Gasteiger charge is -2.29. The number of allylic oxidation sites excluding steroid dienone is 1. The molecule has 2 unspecified atom stereocenters. The van der Waals surface area contributed by atoms with Crippen molar-refractivity contribution >= 4 is 23.7 Å². The third-order valence-electron chi connectivity index (χ3n) is 6.60. The van der Waals surface area contributed by atoms with Crippen molar-refractivity contribution in [3.8, 4) is 0 Å². The van der Waals surface area contributed by atoms with Gasteiger partial charge in [0.15, 0.2) is 6.61 Å². The number of carbonyl (C=O) groups is 2. The summed E-state index contributed by atoms with van der Waals surface area (Å²) in [5.74, 6) is -3.17. The Morgan fingerprint density at radius 3 is 2.32 bits per heavy atom. The summed E-state index contributed by atoms with van der Waals surface area (Å²) in [4.78, 5) is 25.6. The van der Waals surface area contributed by atoms with E-state index in [1.165, 1.54) is 47.5 Å². The summed E-state index contributed by atoms with van der Waals surface area (Å²) in [6, 6.07) is 16.8. The molecule has 1 heterocycles. The lowest BCUT2D eigenvalue weighted by atomic mass is 9.77. The minimum absolute atomic E-state index is 0.155. The van der Waals surface area contributed by atoms with Crippen molar-refractivity contribution in [3.63, 3.8) is 0 Å². The van der Waals surface area contributed by atoms with E-state index in [1.54, 1.807) is 24.3 Å². The van der Waals surface area contributed by atoms with Crippen molar-refractivity contribution in [2.45, 2.75) is 25.3 Å².